The number of thiazole rings is 1. The summed E-state index contributed by atoms with van der Waals surface area (Å²) >= 11 is 1.50. The van der Waals surface area contributed by atoms with Crippen LogP contribution < -0.4 is 0 Å². The first-order valence-electron chi connectivity index (χ1n) is 7.06. The third-order valence-electron chi connectivity index (χ3n) is 3.26. The minimum Gasteiger partial charge on any atom is -0.456 e. The maximum Gasteiger partial charge on any atom is 0.338 e. The molecule has 0 aliphatic carbocycles. The molecule has 1 heterocycles. The number of hydrogen-bond donors (Lipinski definition) is 0. The Bertz CT molecular complexity index is 827. The molecular formula is C18H14FNO2S. The number of esters is 1. The van der Waals surface area contributed by atoms with Crippen LogP contribution in [0.1, 0.15) is 21.6 Å². The van der Waals surface area contributed by atoms with Gasteiger partial charge in [0.05, 0.1) is 11.3 Å². The highest BCUT2D eigenvalue weighted by Crippen LogP contribution is 2.24. The van der Waals surface area contributed by atoms with Crippen LogP contribution in [0.3, 0.4) is 0 Å². The van der Waals surface area contributed by atoms with Gasteiger partial charge in [-0.3, -0.25) is 0 Å². The van der Waals surface area contributed by atoms with Crippen molar-refractivity contribution in [2.45, 2.75) is 13.5 Å². The summed E-state index contributed by atoms with van der Waals surface area (Å²) in [4.78, 5) is 16.3. The Morgan fingerprint density at radius 2 is 2.00 bits per heavy atom. The molecule has 0 spiro atoms. The van der Waals surface area contributed by atoms with Crippen molar-refractivity contribution in [1.29, 1.82) is 0 Å². The standard InChI is InChI=1S/C18H14FNO2S/c1-12-5-7-13(8-6-12)17-20-16(11-23-17)10-22-18(21)14-3-2-4-15(19)9-14/h2-9,11H,10H2,1H3. The number of carbonyl (C=O) groups excluding carboxylic acids is 1. The fraction of sp³-hybridized carbons (Fsp3) is 0.111. The SMILES string of the molecule is Cc1ccc(-c2nc(COC(=O)c3cccc(F)c3)cs2)cc1. The summed E-state index contributed by atoms with van der Waals surface area (Å²) in [5, 5.41) is 2.73. The van der Waals surface area contributed by atoms with Gasteiger partial charge in [0, 0.05) is 10.9 Å². The number of nitrogens with zero attached hydrogens (tertiary/aromatic N) is 1. The molecule has 0 bridgehead atoms. The topological polar surface area (TPSA) is 39.2 Å². The van der Waals surface area contributed by atoms with E-state index in [1.165, 1.54) is 35.1 Å². The van der Waals surface area contributed by atoms with Gasteiger partial charge in [0.1, 0.15) is 17.4 Å². The van der Waals surface area contributed by atoms with Gasteiger partial charge in [0.25, 0.3) is 0 Å². The maximum absolute atomic E-state index is 13.1. The molecule has 0 aliphatic heterocycles. The van der Waals surface area contributed by atoms with Crippen LogP contribution in [0, 0.1) is 12.7 Å². The van der Waals surface area contributed by atoms with E-state index in [9.17, 15) is 9.18 Å². The minimum absolute atomic E-state index is 0.0672. The minimum atomic E-state index is -0.561. The summed E-state index contributed by atoms with van der Waals surface area (Å²) in [6.07, 6.45) is 0. The van der Waals surface area contributed by atoms with E-state index in [1.807, 2.05) is 36.6 Å². The second-order valence-corrected chi connectivity index (χ2v) is 5.95. The third-order valence-corrected chi connectivity index (χ3v) is 4.20. The van der Waals surface area contributed by atoms with Crippen molar-refractivity contribution in [2.75, 3.05) is 0 Å². The van der Waals surface area contributed by atoms with E-state index < -0.39 is 11.8 Å². The second-order valence-electron chi connectivity index (χ2n) is 5.10. The molecule has 0 amide bonds. The molecule has 2 aromatic carbocycles. The molecule has 0 saturated carbocycles. The lowest BCUT2D eigenvalue weighted by atomic mass is 10.2. The van der Waals surface area contributed by atoms with Crippen molar-refractivity contribution in [2.24, 2.45) is 0 Å². The van der Waals surface area contributed by atoms with Crippen molar-refractivity contribution < 1.29 is 13.9 Å². The lowest BCUT2D eigenvalue weighted by molar-refractivity contribution is 0.0468. The Kier molecular flexibility index (Phi) is 4.48. The van der Waals surface area contributed by atoms with E-state index in [0.29, 0.717) is 5.69 Å². The third kappa shape index (κ3) is 3.81. The molecule has 3 aromatic rings. The highest BCUT2D eigenvalue weighted by molar-refractivity contribution is 7.13. The zero-order chi connectivity index (χ0) is 16.2. The molecule has 116 valence electrons. The normalized spacial score (nSPS) is 10.5. The Hall–Kier alpha value is -2.53. The molecule has 0 radical (unpaired) electrons. The quantitative estimate of drug-likeness (QED) is 0.657. The number of ether oxygens (including phenoxy) is 1. The van der Waals surface area contributed by atoms with Gasteiger partial charge >= 0.3 is 5.97 Å². The first-order chi connectivity index (χ1) is 11.1. The molecule has 3 rings (SSSR count). The lowest BCUT2D eigenvalue weighted by Gasteiger charge is -2.03. The van der Waals surface area contributed by atoms with E-state index in [-0.39, 0.29) is 12.2 Å². The largest absolute Gasteiger partial charge is 0.456 e. The van der Waals surface area contributed by atoms with Crippen molar-refractivity contribution in [3.63, 3.8) is 0 Å². The molecule has 0 unspecified atom stereocenters. The van der Waals surface area contributed by atoms with Crippen molar-refractivity contribution >= 4 is 17.3 Å². The zero-order valence-electron chi connectivity index (χ0n) is 12.5. The number of rotatable bonds is 4. The number of carbonyl (C=O) groups is 1. The highest BCUT2D eigenvalue weighted by Gasteiger charge is 2.10. The smallest absolute Gasteiger partial charge is 0.338 e. The molecule has 0 atom stereocenters. The first-order valence-corrected chi connectivity index (χ1v) is 7.94. The average molecular weight is 327 g/mol. The summed E-state index contributed by atoms with van der Waals surface area (Å²) < 4.78 is 18.3. The molecule has 5 heteroatoms. The fourth-order valence-corrected chi connectivity index (χ4v) is 2.85. The van der Waals surface area contributed by atoms with Gasteiger partial charge in [-0.1, -0.05) is 35.9 Å². The Morgan fingerprint density at radius 3 is 2.74 bits per heavy atom. The van der Waals surface area contributed by atoms with Gasteiger partial charge in [-0.2, -0.15) is 0 Å². The molecule has 0 N–H and O–H groups in total. The number of hydrogen-bond acceptors (Lipinski definition) is 4. The van der Waals surface area contributed by atoms with E-state index in [0.717, 1.165) is 16.6 Å². The zero-order valence-corrected chi connectivity index (χ0v) is 13.3. The van der Waals surface area contributed by atoms with Crippen LogP contribution in [-0.2, 0) is 11.3 Å². The molecule has 0 saturated heterocycles. The number of aromatic nitrogens is 1. The highest BCUT2D eigenvalue weighted by atomic mass is 32.1. The second kappa shape index (κ2) is 6.71. The van der Waals surface area contributed by atoms with Crippen molar-refractivity contribution in [1.82, 2.24) is 4.98 Å². The van der Waals surface area contributed by atoms with Crippen LogP contribution in [0.2, 0.25) is 0 Å². The molecule has 0 aliphatic rings. The van der Waals surface area contributed by atoms with Gasteiger partial charge in [-0.05, 0) is 25.1 Å². The van der Waals surface area contributed by atoms with Gasteiger partial charge in [0.15, 0.2) is 0 Å². The van der Waals surface area contributed by atoms with Crippen molar-refractivity contribution in [3.8, 4) is 10.6 Å². The van der Waals surface area contributed by atoms with Gasteiger partial charge in [0.2, 0.25) is 0 Å². The predicted molar refractivity (Wildman–Crippen MR) is 87.8 cm³/mol. The van der Waals surface area contributed by atoms with Gasteiger partial charge in [-0.25, -0.2) is 14.2 Å². The summed E-state index contributed by atoms with van der Waals surface area (Å²) in [6, 6.07) is 13.5. The van der Waals surface area contributed by atoms with Gasteiger partial charge in [-0.15, -0.1) is 11.3 Å². The van der Waals surface area contributed by atoms with Gasteiger partial charge < -0.3 is 4.74 Å². The maximum atomic E-state index is 13.1. The number of benzene rings is 2. The van der Waals surface area contributed by atoms with Crippen LogP contribution in [0.15, 0.2) is 53.9 Å². The molecule has 0 fully saturated rings. The molecule has 3 nitrogen and oxygen atoms in total. The molecule has 23 heavy (non-hydrogen) atoms. The average Bonchev–Trinajstić information content (AvgIpc) is 3.02. The van der Waals surface area contributed by atoms with E-state index in [4.69, 9.17) is 4.74 Å². The summed E-state index contributed by atoms with van der Waals surface area (Å²) in [6.45, 7) is 2.10. The monoisotopic (exact) mass is 327 g/mol. The van der Waals surface area contributed by atoms with Crippen LogP contribution in [0.5, 0.6) is 0 Å². The fourth-order valence-electron chi connectivity index (χ4n) is 2.04. The molecule has 1 aromatic heterocycles. The number of aryl methyl sites for hydroxylation is 1. The van der Waals surface area contributed by atoms with E-state index in [2.05, 4.69) is 4.98 Å². The number of halogens is 1. The van der Waals surface area contributed by atoms with Crippen LogP contribution in [0.4, 0.5) is 4.39 Å². The first kappa shape index (κ1) is 15.4. The van der Waals surface area contributed by atoms with Crippen LogP contribution in [-0.4, -0.2) is 11.0 Å². The Balaban J connectivity index is 1.65. The summed E-state index contributed by atoms with van der Waals surface area (Å²) in [5.74, 6) is -1.02. The van der Waals surface area contributed by atoms with Crippen LogP contribution in [0.25, 0.3) is 10.6 Å². The van der Waals surface area contributed by atoms with E-state index in [1.54, 1.807) is 0 Å². The lowest BCUT2D eigenvalue weighted by Crippen LogP contribution is -2.05. The van der Waals surface area contributed by atoms with E-state index >= 15 is 0 Å². The predicted octanol–water partition coefficient (Wildman–Crippen LogP) is 4.61. The Labute approximate surface area is 137 Å². The Morgan fingerprint density at radius 1 is 1.22 bits per heavy atom. The molecular weight excluding hydrogens is 313 g/mol. The van der Waals surface area contributed by atoms with Crippen molar-refractivity contribution in [3.05, 3.63) is 76.5 Å². The van der Waals surface area contributed by atoms with Crippen LogP contribution >= 0.6 is 11.3 Å². The summed E-state index contributed by atoms with van der Waals surface area (Å²) in [7, 11) is 0. The summed E-state index contributed by atoms with van der Waals surface area (Å²) in [5.41, 5.74) is 3.09.